The van der Waals surface area contributed by atoms with Gasteiger partial charge in [0.2, 0.25) is 0 Å². The molecule has 0 bridgehead atoms. The lowest BCUT2D eigenvalue weighted by Crippen LogP contribution is -2.53. The lowest BCUT2D eigenvalue weighted by Gasteiger charge is -2.41. The second-order valence-electron chi connectivity index (χ2n) is 8.45. The number of nitrogens with zero attached hydrogens (tertiary/aromatic N) is 4. The molecule has 0 spiro atoms. The summed E-state index contributed by atoms with van der Waals surface area (Å²) < 4.78 is 0. The number of aromatic amines is 1. The summed E-state index contributed by atoms with van der Waals surface area (Å²) in [5.74, 6) is 0. The highest BCUT2D eigenvalue weighted by molar-refractivity contribution is 5.75. The quantitative estimate of drug-likeness (QED) is 0.843. The summed E-state index contributed by atoms with van der Waals surface area (Å²) in [5, 5.41) is 10.8. The fourth-order valence-electron chi connectivity index (χ4n) is 4.86. The summed E-state index contributed by atoms with van der Waals surface area (Å²) in [7, 11) is 2.22. The van der Waals surface area contributed by atoms with E-state index in [0.717, 1.165) is 57.1 Å². The molecule has 150 valence electrons. The van der Waals surface area contributed by atoms with E-state index < -0.39 is 0 Å². The van der Waals surface area contributed by atoms with Crippen LogP contribution in [-0.4, -0.2) is 82.8 Å². The summed E-state index contributed by atoms with van der Waals surface area (Å²) >= 11 is 0. The minimum Gasteiger partial charge on any atom is -0.335 e. The maximum absolute atomic E-state index is 12.8. The largest absolute Gasteiger partial charge is 0.335 e. The van der Waals surface area contributed by atoms with Crippen molar-refractivity contribution < 1.29 is 4.79 Å². The molecule has 1 aromatic heterocycles. The summed E-state index contributed by atoms with van der Waals surface area (Å²) in [6, 6.07) is 1.16. The molecule has 0 radical (unpaired) electrons. The molecule has 4 heterocycles. The second-order valence-corrected chi connectivity index (χ2v) is 8.45. The van der Waals surface area contributed by atoms with Crippen molar-refractivity contribution in [2.45, 2.75) is 64.1 Å². The van der Waals surface area contributed by atoms with Gasteiger partial charge in [-0.25, -0.2) is 4.79 Å². The van der Waals surface area contributed by atoms with E-state index in [4.69, 9.17) is 0 Å². The molecule has 2 fully saturated rings. The molecule has 2 N–H and O–H groups in total. The normalized spacial score (nSPS) is 23.4. The zero-order valence-electron chi connectivity index (χ0n) is 16.8. The number of H-pyrrole nitrogens is 1. The summed E-state index contributed by atoms with van der Waals surface area (Å²) in [6.45, 7) is 8.25. The van der Waals surface area contributed by atoms with Gasteiger partial charge in [0.25, 0.3) is 0 Å². The number of piperidine rings is 2. The number of hydrogen-bond acceptors (Lipinski definition) is 4. The van der Waals surface area contributed by atoms with E-state index in [1.165, 1.54) is 37.2 Å². The Morgan fingerprint density at radius 3 is 2.59 bits per heavy atom. The third-order valence-corrected chi connectivity index (χ3v) is 6.70. The van der Waals surface area contributed by atoms with Crippen LogP contribution in [0.4, 0.5) is 4.79 Å². The maximum Gasteiger partial charge on any atom is 0.317 e. The molecule has 3 aliphatic heterocycles. The van der Waals surface area contributed by atoms with E-state index in [2.05, 4.69) is 39.3 Å². The van der Waals surface area contributed by atoms with E-state index in [1.807, 2.05) is 4.90 Å². The van der Waals surface area contributed by atoms with Crippen LogP contribution in [0.1, 0.15) is 49.6 Å². The number of fused-ring (bicyclic) bond motifs is 1. The molecular weight excluding hydrogens is 340 g/mol. The predicted molar refractivity (Wildman–Crippen MR) is 106 cm³/mol. The first kappa shape index (κ1) is 18.7. The van der Waals surface area contributed by atoms with Crippen LogP contribution in [0.15, 0.2) is 0 Å². The van der Waals surface area contributed by atoms with E-state index in [9.17, 15) is 4.79 Å². The van der Waals surface area contributed by atoms with Gasteiger partial charge < -0.3 is 20.0 Å². The van der Waals surface area contributed by atoms with Gasteiger partial charge in [0.05, 0.1) is 12.2 Å². The molecule has 2 amide bonds. The monoisotopic (exact) mass is 374 g/mol. The van der Waals surface area contributed by atoms with Crippen LogP contribution in [0.3, 0.4) is 0 Å². The first-order chi connectivity index (χ1) is 13.1. The van der Waals surface area contributed by atoms with Gasteiger partial charge in [-0.15, -0.1) is 0 Å². The smallest absolute Gasteiger partial charge is 0.317 e. The number of carbonyl (C=O) groups excluding carboxylic acids is 1. The molecule has 0 aromatic carbocycles. The number of aromatic nitrogens is 2. The van der Waals surface area contributed by atoms with Crippen LogP contribution in [0, 0.1) is 0 Å². The predicted octanol–water partition coefficient (Wildman–Crippen LogP) is 1.60. The van der Waals surface area contributed by atoms with Gasteiger partial charge in [-0.1, -0.05) is 6.92 Å². The number of aryl methyl sites for hydroxylation is 1. The molecule has 3 aliphatic rings. The lowest BCUT2D eigenvalue weighted by atomic mass is 9.98. The average Bonchev–Trinajstić information content (AvgIpc) is 3.11. The van der Waals surface area contributed by atoms with Gasteiger partial charge in [0.1, 0.15) is 0 Å². The molecule has 2 saturated heterocycles. The van der Waals surface area contributed by atoms with Gasteiger partial charge >= 0.3 is 6.03 Å². The number of likely N-dealkylation sites (tertiary alicyclic amines) is 2. The van der Waals surface area contributed by atoms with E-state index in [0.29, 0.717) is 12.6 Å². The number of rotatable bonds is 3. The Morgan fingerprint density at radius 2 is 1.89 bits per heavy atom. The van der Waals surface area contributed by atoms with Crippen LogP contribution >= 0.6 is 0 Å². The Bertz CT molecular complexity index is 629. The van der Waals surface area contributed by atoms with Crippen LogP contribution < -0.4 is 5.32 Å². The van der Waals surface area contributed by atoms with Gasteiger partial charge in [0.15, 0.2) is 0 Å². The zero-order chi connectivity index (χ0) is 18.8. The van der Waals surface area contributed by atoms with Crippen LogP contribution in [0.2, 0.25) is 0 Å². The van der Waals surface area contributed by atoms with Crippen LogP contribution in [0.25, 0.3) is 0 Å². The molecule has 7 heteroatoms. The van der Waals surface area contributed by atoms with E-state index in [-0.39, 0.29) is 6.03 Å². The Hall–Kier alpha value is -1.60. The molecule has 0 unspecified atom stereocenters. The van der Waals surface area contributed by atoms with Crippen molar-refractivity contribution in [1.29, 1.82) is 0 Å². The highest BCUT2D eigenvalue weighted by atomic mass is 16.2. The maximum atomic E-state index is 12.8. The standard InChI is InChI=1S/C20H34N6O/c1-3-18-17-14-26(13-8-19(17)23-22-18)20(27)21-15-4-11-25(12-5-15)16-6-9-24(2)10-7-16/h15-16H,3-14H2,1-2H3,(H,21,27)(H,22,23). The number of hydrogen-bond donors (Lipinski definition) is 2. The first-order valence-corrected chi connectivity index (χ1v) is 10.7. The zero-order valence-corrected chi connectivity index (χ0v) is 16.8. The number of amides is 2. The summed E-state index contributed by atoms with van der Waals surface area (Å²) in [6.07, 6.45) is 6.51. The fourth-order valence-corrected chi connectivity index (χ4v) is 4.86. The number of carbonyl (C=O) groups is 1. The molecule has 1 aromatic rings. The van der Waals surface area contributed by atoms with Crippen molar-refractivity contribution >= 4 is 6.03 Å². The minimum absolute atomic E-state index is 0.0987. The lowest BCUT2D eigenvalue weighted by molar-refractivity contribution is 0.0918. The van der Waals surface area contributed by atoms with Crippen molar-refractivity contribution in [2.75, 3.05) is 39.8 Å². The Morgan fingerprint density at radius 1 is 1.15 bits per heavy atom. The molecule has 27 heavy (non-hydrogen) atoms. The Balaban J connectivity index is 1.25. The van der Waals surface area contributed by atoms with Gasteiger partial charge in [-0.3, -0.25) is 5.10 Å². The number of urea groups is 1. The highest BCUT2D eigenvalue weighted by Crippen LogP contribution is 2.23. The molecule has 4 rings (SSSR count). The number of nitrogens with one attached hydrogen (secondary N) is 2. The first-order valence-electron chi connectivity index (χ1n) is 10.7. The fraction of sp³-hybridized carbons (Fsp3) is 0.800. The van der Waals surface area contributed by atoms with Crippen LogP contribution in [-0.2, 0) is 19.4 Å². The highest BCUT2D eigenvalue weighted by Gasteiger charge is 2.30. The molecule has 0 atom stereocenters. The van der Waals surface area contributed by atoms with Gasteiger partial charge in [0, 0.05) is 49.4 Å². The minimum atomic E-state index is 0.0987. The molecular formula is C20H34N6O. The third-order valence-electron chi connectivity index (χ3n) is 6.70. The van der Waals surface area contributed by atoms with E-state index >= 15 is 0 Å². The average molecular weight is 375 g/mol. The van der Waals surface area contributed by atoms with Crippen LogP contribution in [0.5, 0.6) is 0 Å². The topological polar surface area (TPSA) is 67.5 Å². The second kappa shape index (κ2) is 8.19. The SMILES string of the molecule is CCc1n[nH]c2c1CN(C(=O)NC1CCN(C3CCN(C)CC3)CC1)CC2. The summed E-state index contributed by atoms with van der Waals surface area (Å²) in [4.78, 5) is 19.8. The molecule has 7 nitrogen and oxygen atoms in total. The van der Waals surface area contributed by atoms with Crippen molar-refractivity contribution in [3.8, 4) is 0 Å². The van der Waals surface area contributed by atoms with Gasteiger partial charge in [-0.2, -0.15) is 5.10 Å². The third kappa shape index (κ3) is 4.14. The van der Waals surface area contributed by atoms with E-state index in [1.54, 1.807) is 0 Å². The Kier molecular flexibility index (Phi) is 5.68. The van der Waals surface area contributed by atoms with Crippen molar-refractivity contribution in [2.24, 2.45) is 0 Å². The molecule has 0 saturated carbocycles. The Labute approximate surface area is 162 Å². The molecule has 0 aliphatic carbocycles. The van der Waals surface area contributed by atoms with Crippen molar-refractivity contribution in [1.82, 2.24) is 30.2 Å². The van der Waals surface area contributed by atoms with Gasteiger partial charge in [-0.05, 0) is 52.2 Å². The van der Waals surface area contributed by atoms with Crippen molar-refractivity contribution in [3.05, 3.63) is 17.0 Å². The summed E-state index contributed by atoms with van der Waals surface area (Å²) in [5.41, 5.74) is 3.55. The van der Waals surface area contributed by atoms with Crippen molar-refractivity contribution in [3.63, 3.8) is 0 Å².